The van der Waals surface area contributed by atoms with E-state index in [1.54, 1.807) is 25.3 Å². The maximum Gasteiger partial charge on any atom is 0.258 e. The van der Waals surface area contributed by atoms with Crippen LogP contribution in [0.15, 0.2) is 53.5 Å². The van der Waals surface area contributed by atoms with Gasteiger partial charge in [0.05, 0.1) is 5.39 Å². The molecular formula is C19H18N2O3. The van der Waals surface area contributed by atoms with Crippen LogP contribution >= 0.6 is 0 Å². The van der Waals surface area contributed by atoms with Crippen molar-refractivity contribution in [2.75, 3.05) is 0 Å². The highest BCUT2D eigenvalue weighted by Crippen LogP contribution is 2.30. The van der Waals surface area contributed by atoms with E-state index in [4.69, 9.17) is 10.5 Å². The highest BCUT2D eigenvalue weighted by atomic mass is 16.5. The SMILES string of the molecule is Cc1ccccc1-c1c[nH]c(=O)c2cc(OC(C)C(N)=O)ccc12. The number of carbonyl (C=O) groups excluding carboxylic acids is 1. The quantitative estimate of drug-likeness (QED) is 0.774. The minimum absolute atomic E-state index is 0.209. The van der Waals surface area contributed by atoms with Gasteiger partial charge in [-0.05, 0) is 48.6 Å². The highest BCUT2D eigenvalue weighted by Gasteiger charge is 2.13. The molecule has 0 saturated carbocycles. The Labute approximate surface area is 139 Å². The van der Waals surface area contributed by atoms with Crippen LogP contribution in [0, 0.1) is 6.92 Å². The van der Waals surface area contributed by atoms with Crippen LogP contribution in [0.1, 0.15) is 12.5 Å². The van der Waals surface area contributed by atoms with Crippen molar-refractivity contribution in [1.29, 1.82) is 0 Å². The molecule has 0 aliphatic heterocycles. The number of benzene rings is 2. The molecule has 0 aliphatic carbocycles. The summed E-state index contributed by atoms with van der Waals surface area (Å²) in [7, 11) is 0. The first-order valence-corrected chi connectivity index (χ1v) is 7.65. The van der Waals surface area contributed by atoms with Gasteiger partial charge in [0.25, 0.3) is 11.5 Å². The average molecular weight is 322 g/mol. The molecule has 0 aliphatic rings. The summed E-state index contributed by atoms with van der Waals surface area (Å²) in [6.07, 6.45) is 0.959. The van der Waals surface area contributed by atoms with Gasteiger partial charge in [0.2, 0.25) is 0 Å². The number of fused-ring (bicyclic) bond motifs is 1. The molecule has 0 spiro atoms. The van der Waals surface area contributed by atoms with Gasteiger partial charge in [-0.15, -0.1) is 0 Å². The first-order valence-electron chi connectivity index (χ1n) is 7.65. The van der Waals surface area contributed by atoms with Gasteiger partial charge in [0.15, 0.2) is 6.10 Å². The number of pyridine rings is 1. The molecule has 2 aromatic carbocycles. The number of hydrogen-bond donors (Lipinski definition) is 2. The van der Waals surface area contributed by atoms with Crippen LogP contribution in [-0.2, 0) is 4.79 Å². The fourth-order valence-electron chi connectivity index (χ4n) is 2.67. The van der Waals surface area contributed by atoms with E-state index in [0.717, 1.165) is 22.1 Å². The van der Waals surface area contributed by atoms with Crippen molar-refractivity contribution in [3.8, 4) is 16.9 Å². The normalized spacial score (nSPS) is 12.1. The Morgan fingerprint density at radius 2 is 1.88 bits per heavy atom. The lowest BCUT2D eigenvalue weighted by Gasteiger charge is -2.13. The lowest BCUT2D eigenvalue weighted by atomic mass is 9.97. The van der Waals surface area contributed by atoms with Crippen LogP contribution in [0.3, 0.4) is 0 Å². The number of H-pyrrole nitrogens is 1. The Bertz CT molecular complexity index is 976. The Kier molecular flexibility index (Phi) is 4.08. The summed E-state index contributed by atoms with van der Waals surface area (Å²) in [5, 5.41) is 1.33. The number of carbonyl (C=O) groups is 1. The molecule has 3 aromatic rings. The van der Waals surface area contributed by atoms with Gasteiger partial charge in [-0.3, -0.25) is 9.59 Å². The summed E-state index contributed by atoms with van der Waals surface area (Å²) in [5.41, 5.74) is 8.12. The third-order valence-corrected chi connectivity index (χ3v) is 4.02. The summed E-state index contributed by atoms with van der Waals surface area (Å²) in [5.74, 6) is -0.126. The summed E-state index contributed by atoms with van der Waals surface area (Å²) in [6, 6.07) is 13.2. The van der Waals surface area contributed by atoms with Crippen LogP contribution in [0.2, 0.25) is 0 Å². The molecular weight excluding hydrogens is 304 g/mol. The molecule has 1 atom stereocenters. The number of aromatic amines is 1. The van der Waals surface area contributed by atoms with E-state index in [0.29, 0.717) is 11.1 Å². The summed E-state index contributed by atoms with van der Waals surface area (Å²) < 4.78 is 5.48. The van der Waals surface area contributed by atoms with Gasteiger partial charge >= 0.3 is 0 Å². The number of ether oxygens (including phenoxy) is 1. The van der Waals surface area contributed by atoms with E-state index in [2.05, 4.69) is 4.98 Å². The summed E-state index contributed by atoms with van der Waals surface area (Å²) in [6.45, 7) is 3.60. The molecule has 1 heterocycles. The van der Waals surface area contributed by atoms with Crippen molar-refractivity contribution in [2.24, 2.45) is 5.73 Å². The number of rotatable bonds is 4. The summed E-state index contributed by atoms with van der Waals surface area (Å²) in [4.78, 5) is 26.1. The van der Waals surface area contributed by atoms with Gasteiger partial charge in [-0.25, -0.2) is 0 Å². The first kappa shape index (κ1) is 15.8. The maximum absolute atomic E-state index is 12.2. The fourth-order valence-corrected chi connectivity index (χ4v) is 2.67. The molecule has 1 unspecified atom stereocenters. The highest BCUT2D eigenvalue weighted by molar-refractivity contribution is 5.97. The van der Waals surface area contributed by atoms with Crippen LogP contribution in [-0.4, -0.2) is 17.0 Å². The molecule has 3 rings (SSSR count). The first-order chi connectivity index (χ1) is 11.5. The Morgan fingerprint density at radius 1 is 1.12 bits per heavy atom. The second-order valence-corrected chi connectivity index (χ2v) is 5.72. The van der Waals surface area contributed by atoms with E-state index < -0.39 is 12.0 Å². The number of nitrogens with two attached hydrogens (primary N) is 1. The molecule has 0 bridgehead atoms. The number of amides is 1. The number of nitrogens with one attached hydrogen (secondary N) is 1. The molecule has 122 valence electrons. The number of primary amides is 1. The van der Waals surface area contributed by atoms with Crippen LogP contribution in [0.5, 0.6) is 5.75 Å². The Hall–Kier alpha value is -3.08. The molecule has 5 nitrogen and oxygen atoms in total. The van der Waals surface area contributed by atoms with Crippen molar-refractivity contribution in [3.05, 3.63) is 64.6 Å². The second kappa shape index (κ2) is 6.20. The van der Waals surface area contributed by atoms with Crippen LogP contribution < -0.4 is 16.0 Å². The standard InChI is InChI=1S/C19H18N2O3/c1-11-5-3-4-6-14(11)17-10-21-19(23)16-9-13(7-8-15(16)17)24-12(2)18(20)22/h3-10,12H,1-2H3,(H2,20,22)(H,21,23). The van der Waals surface area contributed by atoms with E-state index in [-0.39, 0.29) is 5.56 Å². The smallest absolute Gasteiger partial charge is 0.258 e. The number of aryl methyl sites for hydroxylation is 1. The average Bonchev–Trinajstić information content (AvgIpc) is 2.56. The predicted molar refractivity (Wildman–Crippen MR) is 94.0 cm³/mol. The van der Waals surface area contributed by atoms with Crippen LogP contribution in [0.4, 0.5) is 0 Å². The zero-order chi connectivity index (χ0) is 17.3. The lowest BCUT2D eigenvalue weighted by Crippen LogP contribution is -2.30. The van der Waals surface area contributed by atoms with Crippen LogP contribution in [0.25, 0.3) is 21.9 Å². The predicted octanol–water partition coefficient (Wildman–Crippen LogP) is 2.76. The number of hydrogen-bond acceptors (Lipinski definition) is 3. The lowest BCUT2D eigenvalue weighted by molar-refractivity contribution is -0.123. The zero-order valence-corrected chi connectivity index (χ0v) is 13.5. The molecule has 24 heavy (non-hydrogen) atoms. The topological polar surface area (TPSA) is 85.2 Å². The van der Waals surface area contributed by atoms with Gasteiger partial charge in [0, 0.05) is 11.8 Å². The van der Waals surface area contributed by atoms with Crippen molar-refractivity contribution in [3.63, 3.8) is 0 Å². The van der Waals surface area contributed by atoms with E-state index in [9.17, 15) is 9.59 Å². The molecule has 5 heteroatoms. The van der Waals surface area contributed by atoms with E-state index in [1.807, 2.05) is 37.3 Å². The monoisotopic (exact) mass is 322 g/mol. The molecule has 1 aromatic heterocycles. The van der Waals surface area contributed by atoms with Gasteiger partial charge in [-0.2, -0.15) is 0 Å². The molecule has 0 fully saturated rings. The fraction of sp³-hybridized carbons (Fsp3) is 0.158. The largest absolute Gasteiger partial charge is 0.481 e. The van der Waals surface area contributed by atoms with Crippen molar-refractivity contribution >= 4 is 16.7 Å². The third kappa shape index (κ3) is 2.88. The Morgan fingerprint density at radius 3 is 2.58 bits per heavy atom. The van der Waals surface area contributed by atoms with Gasteiger partial charge in [0.1, 0.15) is 5.75 Å². The molecule has 0 saturated heterocycles. The molecule has 3 N–H and O–H groups in total. The van der Waals surface area contributed by atoms with Gasteiger partial charge < -0.3 is 15.5 Å². The van der Waals surface area contributed by atoms with E-state index >= 15 is 0 Å². The van der Waals surface area contributed by atoms with Crippen molar-refractivity contribution in [2.45, 2.75) is 20.0 Å². The third-order valence-electron chi connectivity index (χ3n) is 4.02. The number of aromatic nitrogens is 1. The molecule has 0 radical (unpaired) electrons. The Balaban J connectivity index is 2.15. The minimum Gasteiger partial charge on any atom is -0.481 e. The van der Waals surface area contributed by atoms with E-state index in [1.165, 1.54) is 0 Å². The second-order valence-electron chi connectivity index (χ2n) is 5.72. The van der Waals surface area contributed by atoms with Gasteiger partial charge in [-0.1, -0.05) is 24.3 Å². The zero-order valence-electron chi connectivity index (χ0n) is 13.5. The van der Waals surface area contributed by atoms with Crippen molar-refractivity contribution < 1.29 is 9.53 Å². The summed E-state index contributed by atoms with van der Waals surface area (Å²) >= 11 is 0. The maximum atomic E-state index is 12.2. The molecule has 1 amide bonds. The minimum atomic E-state index is -0.763. The van der Waals surface area contributed by atoms with Crippen molar-refractivity contribution in [1.82, 2.24) is 4.98 Å².